The molecule has 106 valence electrons. The van der Waals surface area contributed by atoms with Gasteiger partial charge in [-0.3, -0.25) is 4.98 Å². The molecular weight excluding hydrogens is 288 g/mol. The highest BCUT2D eigenvalue weighted by atomic mass is 35.5. The fourth-order valence-electron chi connectivity index (χ4n) is 1.95. The average molecular weight is 301 g/mol. The molecule has 0 spiro atoms. The molecule has 0 unspecified atom stereocenters. The van der Waals surface area contributed by atoms with E-state index < -0.39 is 0 Å². The second-order valence-corrected chi connectivity index (χ2v) is 4.89. The van der Waals surface area contributed by atoms with Gasteiger partial charge < -0.3 is 10.1 Å². The molecule has 1 aromatic carbocycles. The fourth-order valence-corrected chi connectivity index (χ4v) is 2.16. The van der Waals surface area contributed by atoms with Gasteiger partial charge in [0.2, 0.25) is 11.8 Å². The first-order valence-electron chi connectivity index (χ1n) is 6.41. The lowest BCUT2D eigenvalue weighted by molar-refractivity contribution is 0.462. The highest BCUT2D eigenvalue weighted by Gasteiger charge is 2.11. The van der Waals surface area contributed by atoms with Crippen molar-refractivity contribution in [2.75, 3.05) is 12.4 Å². The second-order valence-electron chi connectivity index (χ2n) is 4.48. The summed E-state index contributed by atoms with van der Waals surface area (Å²) in [5.41, 5.74) is 1.54. The third-order valence-electron chi connectivity index (χ3n) is 3.03. The topological polar surface area (TPSA) is 59.9 Å². The van der Waals surface area contributed by atoms with Crippen molar-refractivity contribution in [2.45, 2.75) is 6.92 Å². The van der Waals surface area contributed by atoms with Crippen LogP contribution in [0.4, 0.5) is 5.95 Å². The van der Waals surface area contributed by atoms with Crippen molar-refractivity contribution in [3.05, 3.63) is 47.2 Å². The monoisotopic (exact) mass is 300 g/mol. The largest absolute Gasteiger partial charge is 0.436 e. The summed E-state index contributed by atoms with van der Waals surface area (Å²) in [6, 6.07) is 7.32. The molecule has 0 aliphatic carbocycles. The van der Waals surface area contributed by atoms with Crippen molar-refractivity contribution < 1.29 is 4.74 Å². The molecule has 2 aromatic heterocycles. The number of anilines is 1. The number of benzene rings is 1. The number of ether oxygens (including phenoxy) is 1. The first kappa shape index (κ1) is 13.6. The van der Waals surface area contributed by atoms with Gasteiger partial charge in [-0.05, 0) is 31.2 Å². The number of nitrogens with zero attached hydrogens (tertiary/aromatic N) is 3. The molecule has 5 nitrogen and oxygen atoms in total. The van der Waals surface area contributed by atoms with Crippen LogP contribution in [0.5, 0.6) is 11.6 Å². The maximum Gasteiger partial charge on any atom is 0.227 e. The maximum atomic E-state index is 6.18. The van der Waals surface area contributed by atoms with Crippen molar-refractivity contribution >= 4 is 28.5 Å². The van der Waals surface area contributed by atoms with Gasteiger partial charge in [-0.25, -0.2) is 4.98 Å². The molecule has 0 bridgehead atoms. The molecule has 0 aliphatic heterocycles. The molecule has 2 heterocycles. The van der Waals surface area contributed by atoms with Crippen LogP contribution in [0.1, 0.15) is 5.56 Å². The normalized spacial score (nSPS) is 10.6. The number of aromatic nitrogens is 3. The van der Waals surface area contributed by atoms with Crippen LogP contribution in [0.3, 0.4) is 0 Å². The number of halogens is 1. The Morgan fingerprint density at radius 3 is 2.86 bits per heavy atom. The Morgan fingerprint density at radius 2 is 2.05 bits per heavy atom. The van der Waals surface area contributed by atoms with Crippen LogP contribution in [-0.4, -0.2) is 22.0 Å². The van der Waals surface area contributed by atoms with E-state index in [0.29, 0.717) is 28.1 Å². The van der Waals surface area contributed by atoms with E-state index in [1.807, 2.05) is 19.1 Å². The van der Waals surface area contributed by atoms with Gasteiger partial charge in [0, 0.05) is 30.4 Å². The zero-order valence-corrected chi connectivity index (χ0v) is 12.3. The van der Waals surface area contributed by atoms with Gasteiger partial charge >= 0.3 is 0 Å². The number of aryl methyl sites for hydroxylation is 1. The summed E-state index contributed by atoms with van der Waals surface area (Å²) in [6.45, 7) is 1.89. The molecule has 1 N–H and O–H groups in total. The third-order valence-corrected chi connectivity index (χ3v) is 3.36. The van der Waals surface area contributed by atoms with Gasteiger partial charge in [-0.2, -0.15) is 4.98 Å². The number of rotatable bonds is 3. The summed E-state index contributed by atoms with van der Waals surface area (Å²) in [7, 11) is 1.76. The molecule has 0 atom stereocenters. The quantitative estimate of drug-likeness (QED) is 0.797. The summed E-state index contributed by atoms with van der Waals surface area (Å²) in [5.74, 6) is 1.60. The highest BCUT2D eigenvalue weighted by molar-refractivity contribution is 6.35. The molecule has 0 saturated carbocycles. The summed E-state index contributed by atoms with van der Waals surface area (Å²) in [5, 5.41) is 4.37. The SMILES string of the molecule is CNc1ncc(C)c(Oc2ccc(Cl)c3cccnc23)n1. The number of hydrogen-bond acceptors (Lipinski definition) is 5. The average Bonchev–Trinajstić information content (AvgIpc) is 2.52. The molecule has 3 aromatic rings. The van der Waals surface area contributed by atoms with Crippen LogP contribution >= 0.6 is 11.6 Å². The van der Waals surface area contributed by atoms with Gasteiger partial charge in [-0.15, -0.1) is 0 Å². The Hall–Kier alpha value is -2.40. The summed E-state index contributed by atoms with van der Waals surface area (Å²) >= 11 is 6.18. The zero-order valence-electron chi connectivity index (χ0n) is 11.6. The van der Waals surface area contributed by atoms with Crippen LogP contribution in [0, 0.1) is 6.92 Å². The van der Waals surface area contributed by atoms with Crippen LogP contribution < -0.4 is 10.1 Å². The van der Waals surface area contributed by atoms with E-state index in [4.69, 9.17) is 16.3 Å². The minimum Gasteiger partial charge on any atom is -0.436 e. The number of fused-ring (bicyclic) bond motifs is 1. The number of pyridine rings is 1. The zero-order chi connectivity index (χ0) is 14.8. The lowest BCUT2D eigenvalue weighted by Crippen LogP contribution is -2.00. The first-order chi connectivity index (χ1) is 10.2. The highest BCUT2D eigenvalue weighted by Crippen LogP contribution is 2.33. The van der Waals surface area contributed by atoms with Crippen molar-refractivity contribution in [3.8, 4) is 11.6 Å². The Bertz CT molecular complexity index is 807. The van der Waals surface area contributed by atoms with E-state index in [9.17, 15) is 0 Å². The van der Waals surface area contributed by atoms with Crippen LogP contribution in [0.25, 0.3) is 10.9 Å². The lowest BCUT2D eigenvalue weighted by atomic mass is 10.2. The molecule has 3 rings (SSSR count). The lowest BCUT2D eigenvalue weighted by Gasteiger charge is -2.11. The van der Waals surface area contributed by atoms with Crippen molar-refractivity contribution in [2.24, 2.45) is 0 Å². The van der Waals surface area contributed by atoms with E-state index in [0.717, 1.165) is 10.9 Å². The summed E-state index contributed by atoms with van der Waals surface area (Å²) in [6.07, 6.45) is 3.41. The molecular formula is C15H13ClN4O. The van der Waals surface area contributed by atoms with E-state index in [1.165, 1.54) is 0 Å². The summed E-state index contributed by atoms with van der Waals surface area (Å²) < 4.78 is 5.91. The Balaban J connectivity index is 2.08. The van der Waals surface area contributed by atoms with Gasteiger partial charge in [0.05, 0.1) is 5.02 Å². The smallest absolute Gasteiger partial charge is 0.227 e. The number of nitrogens with one attached hydrogen (secondary N) is 1. The molecule has 0 saturated heterocycles. The minimum absolute atomic E-state index is 0.489. The van der Waals surface area contributed by atoms with Crippen LogP contribution in [0.15, 0.2) is 36.7 Å². The minimum atomic E-state index is 0.489. The Labute approximate surface area is 127 Å². The Morgan fingerprint density at radius 1 is 1.19 bits per heavy atom. The Kier molecular flexibility index (Phi) is 3.58. The van der Waals surface area contributed by atoms with Gasteiger partial charge in [0.1, 0.15) is 5.52 Å². The molecule has 0 radical (unpaired) electrons. The second kappa shape index (κ2) is 5.54. The standard InChI is InChI=1S/C15H13ClN4O/c1-9-8-19-15(17-2)20-14(9)21-12-6-5-11(16)10-4-3-7-18-13(10)12/h3-8H,1-2H3,(H,17,19,20). The molecule has 0 aliphatic rings. The predicted octanol–water partition coefficient (Wildman–Crippen LogP) is 3.82. The number of hydrogen-bond donors (Lipinski definition) is 1. The molecule has 0 amide bonds. The first-order valence-corrected chi connectivity index (χ1v) is 6.79. The predicted molar refractivity (Wildman–Crippen MR) is 83.1 cm³/mol. The molecule has 0 fully saturated rings. The third kappa shape index (κ3) is 2.60. The van der Waals surface area contributed by atoms with E-state index >= 15 is 0 Å². The van der Waals surface area contributed by atoms with Crippen molar-refractivity contribution in [1.82, 2.24) is 15.0 Å². The van der Waals surface area contributed by atoms with Crippen molar-refractivity contribution in [1.29, 1.82) is 0 Å². The van der Waals surface area contributed by atoms with Crippen LogP contribution in [0.2, 0.25) is 5.02 Å². The maximum absolute atomic E-state index is 6.18. The van der Waals surface area contributed by atoms with Crippen molar-refractivity contribution in [3.63, 3.8) is 0 Å². The van der Waals surface area contributed by atoms with Gasteiger partial charge in [-0.1, -0.05) is 11.6 Å². The van der Waals surface area contributed by atoms with Gasteiger partial charge in [0.15, 0.2) is 5.75 Å². The van der Waals surface area contributed by atoms with E-state index in [-0.39, 0.29) is 0 Å². The summed E-state index contributed by atoms with van der Waals surface area (Å²) in [4.78, 5) is 12.8. The van der Waals surface area contributed by atoms with E-state index in [1.54, 1.807) is 31.6 Å². The van der Waals surface area contributed by atoms with Crippen LogP contribution in [-0.2, 0) is 0 Å². The fraction of sp³-hybridized carbons (Fsp3) is 0.133. The molecule has 6 heteroatoms. The molecule has 21 heavy (non-hydrogen) atoms. The van der Waals surface area contributed by atoms with E-state index in [2.05, 4.69) is 20.3 Å². The van der Waals surface area contributed by atoms with Gasteiger partial charge in [0.25, 0.3) is 0 Å².